The molecule has 120 valence electrons. The summed E-state index contributed by atoms with van der Waals surface area (Å²) in [5.41, 5.74) is 1.81. The summed E-state index contributed by atoms with van der Waals surface area (Å²) in [6.07, 6.45) is 0.679. The minimum Gasteiger partial charge on any atom is -0.491 e. The topological polar surface area (TPSA) is 67.3 Å². The molecule has 0 saturated carbocycles. The van der Waals surface area contributed by atoms with Gasteiger partial charge in [-0.1, -0.05) is 0 Å². The maximum absolute atomic E-state index is 12.2. The number of hydrogen-bond donors (Lipinski definition) is 2. The zero-order valence-electron chi connectivity index (χ0n) is 12.5. The van der Waals surface area contributed by atoms with Crippen molar-refractivity contribution in [2.24, 2.45) is 0 Å². The van der Waals surface area contributed by atoms with Crippen molar-refractivity contribution in [3.05, 3.63) is 36.5 Å². The Labute approximate surface area is 136 Å². The molecule has 1 aromatic carbocycles. The highest BCUT2D eigenvalue weighted by molar-refractivity contribution is 7.21. The van der Waals surface area contributed by atoms with E-state index in [-0.39, 0.29) is 6.61 Å². The van der Waals surface area contributed by atoms with Crippen LogP contribution < -0.4 is 10.1 Å². The highest BCUT2D eigenvalue weighted by atomic mass is 32.1. The molecule has 2 heterocycles. The molecule has 2 N–H and O–H groups in total. The van der Waals surface area contributed by atoms with E-state index in [4.69, 9.17) is 4.74 Å². The number of aliphatic hydroxyl groups is 1. The Balaban J connectivity index is 1.83. The van der Waals surface area contributed by atoms with Crippen LogP contribution in [0.2, 0.25) is 0 Å². The van der Waals surface area contributed by atoms with Crippen LogP contribution in [0, 0.1) is 0 Å². The van der Waals surface area contributed by atoms with Crippen LogP contribution in [-0.2, 0) is 0 Å². The molecule has 0 radical (unpaired) electrons. The van der Waals surface area contributed by atoms with Gasteiger partial charge in [0.05, 0.1) is 10.2 Å². The van der Waals surface area contributed by atoms with Crippen LogP contribution in [0.3, 0.4) is 0 Å². The normalized spacial score (nSPS) is 12.3. The van der Waals surface area contributed by atoms with E-state index < -0.39 is 12.8 Å². The Morgan fingerprint density at radius 2 is 2.22 bits per heavy atom. The standard InChI is InChI=1S/C16H16FN3O2S/c1-18-15-5-2-10(8-19-15)16-20-13-4-3-12(6-14(13)23-16)22-9-11(21)7-17/h2-6,8,11,21H,7,9H2,1H3,(H,18,19)/i17-1. The average molecular weight is 332 g/mol. The molecule has 3 rings (SSSR count). The van der Waals surface area contributed by atoms with Crippen LogP contribution in [0.5, 0.6) is 5.75 Å². The Morgan fingerprint density at radius 3 is 2.91 bits per heavy atom. The molecule has 0 amide bonds. The quantitative estimate of drug-likeness (QED) is 0.726. The van der Waals surface area contributed by atoms with E-state index in [0.29, 0.717) is 5.75 Å². The van der Waals surface area contributed by atoms with Gasteiger partial charge in [-0.3, -0.25) is 0 Å². The van der Waals surface area contributed by atoms with Gasteiger partial charge in [-0.2, -0.15) is 0 Å². The van der Waals surface area contributed by atoms with E-state index in [9.17, 15) is 9.50 Å². The number of hydrogen-bond acceptors (Lipinski definition) is 6. The maximum atomic E-state index is 12.2. The zero-order chi connectivity index (χ0) is 16.2. The number of nitrogens with one attached hydrogen (secondary N) is 1. The molecular formula is C16H16FN3O2S. The number of nitrogens with zero attached hydrogens (tertiary/aromatic N) is 2. The number of thiazole rings is 1. The lowest BCUT2D eigenvalue weighted by molar-refractivity contribution is 0.0842. The summed E-state index contributed by atoms with van der Waals surface area (Å²) in [4.78, 5) is 8.87. The van der Waals surface area contributed by atoms with Gasteiger partial charge in [0.2, 0.25) is 0 Å². The van der Waals surface area contributed by atoms with Crippen molar-refractivity contribution < 1.29 is 14.2 Å². The third-order valence-electron chi connectivity index (χ3n) is 3.25. The molecule has 3 aromatic rings. The molecule has 0 spiro atoms. The fourth-order valence-electron chi connectivity index (χ4n) is 2.02. The van der Waals surface area contributed by atoms with Gasteiger partial charge >= 0.3 is 0 Å². The first-order valence-corrected chi connectivity index (χ1v) is 7.93. The summed E-state index contributed by atoms with van der Waals surface area (Å²) in [5.74, 6) is 1.39. The minimum absolute atomic E-state index is 0.0664. The third-order valence-corrected chi connectivity index (χ3v) is 4.31. The van der Waals surface area contributed by atoms with E-state index in [2.05, 4.69) is 15.3 Å². The van der Waals surface area contributed by atoms with E-state index in [1.54, 1.807) is 12.3 Å². The SMILES string of the molecule is CNc1ccc(-c2nc3ccc(OCC(O)C[18F])cc3s2)cn1. The second-order valence-electron chi connectivity index (χ2n) is 4.95. The van der Waals surface area contributed by atoms with E-state index in [1.165, 1.54) is 11.3 Å². The lowest BCUT2D eigenvalue weighted by Crippen LogP contribution is -2.19. The Kier molecular flexibility index (Phi) is 4.68. The van der Waals surface area contributed by atoms with E-state index in [0.717, 1.165) is 26.6 Å². The molecule has 2 aromatic heterocycles. The third kappa shape index (κ3) is 3.57. The smallest absolute Gasteiger partial charge is 0.126 e. The highest BCUT2D eigenvalue weighted by Crippen LogP contribution is 2.32. The fourth-order valence-corrected chi connectivity index (χ4v) is 3.01. The number of anilines is 1. The summed E-state index contributed by atoms with van der Waals surface area (Å²) >= 11 is 1.53. The number of aliphatic hydroxyl groups excluding tert-OH is 1. The zero-order valence-corrected chi connectivity index (χ0v) is 13.3. The van der Waals surface area contributed by atoms with Gasteiger partial charge in [0.15, 0.2) is 0 Å². The molecule has 5 nitrogen and oxygen atoms in total. The second kappa shape index (κ2) is 6.89. The second-order valence-corrected chi connectivity index (χ2v) is 5.98. The molecule has 1 atom stereocenters. The van der Waals surface area contributed by atoms with Gasteiger partial charge in [-0.05, 0) is 30.3 Å². The van der Waals surface area contributed by atoms with Crippen LogP contribution in [0.25, 0.3) is 20.8 Å². The first-order valence-electron chi connectivity index (χ1n) is 7.11. The van der Waals surface area contributed by atoms with E-state index >= 15 is 0 Å². The molecule has 0 fully saturated rings. The predicted molar refractivity (Wildman–Crippen MR) is 89.9 cm³/mol. The molecule has 0 aliphatic heterocycles. The number of rotatable bonds is 6. The number of benzene rings is 1. The Hall–Kier alpha value is -2.25. The van der Waals surface area contributed by atoms with Gasteiger partial charge in [0.25, 0.3) is 0 Å². The first kappa shape index (κ1) is 15.6. The van der Waals surface area contributed by atoms with Crippen molar-refractivity contribution in [3.63, 3.8) is 0 Å². The van der Waals surface area contributed by atoms with Crippen molar-refractivity contribution >= 4 is 27.4 Å². The lowest BCUT2D eigenvalue weighted by atomic mass is 10.3. The van der Waals surface area contributed by atoms with Crippen LogP contribution in [0.1, 0.15) is 0 Å². The molecule has 0 aliphatic carbocycles. The summed E-state index contributed by atoms with van der Waals surface area (Å²) in [7, 11) is 1.82. The Morgan fingerprint density at radius 1 is 1.35 bits per heavy atom. The molecular weight excluding hydrogens is 316 g/mol. The van der Waals surface area contributed by atoms with Crippen molar-refractivity contribution in [1.29, 1.82) is 0 Å². The van der Waals surface area contributed by atoms with Crippen LogP contribution in [-0.4, -0.2) is 41.5 Å². The van der Waals surface area contributed by atoms with Crippen molar-refractivity contribution in [1.82, 2.24) is 9.97 Å². The van der Waals surface area contributed by atoms with Crippen LogP contribution in [0.4, 0.5) is 10.2 Å². The molecule has 1 unspecified atom stereocenters. The monoisotopic (exact) mass is 332 g/mol. The van der Waals surface area contributed by atoms with Crippen LogP contribution in [0.15, 0.2) is 36.5 Å². The van der Waals surface area contributed by atoms with Gasteiger partial charge < -0.3 is 15.2 Å². The molecule has 7 heteroatoms. The maximum Gasteiger partial charge on any atom is 0.126 e. The molecule has 0 saturated heterocycles. The number of halogens is 1. The molecule has 23 heavy (non-hydrogen) atoms. The summed E-state index contributed by atoms with van der Waals surface area (Å²) in [6.45, 7) is -0.883. The number of fused-ring (bicyclic) bond motifs is 1. The summed E-state index contributed by atoms with van der Waals surface area (Å²) in [6, 6.07) is 9.32. The number of ether oxygens (including phenoxy) is 1. The number of pyridine rings is 1. The van der Waals surface area contributed by atoms with Gasteiger partial charge in [-0.15, -0.1) is 11.3 Å². The highest BCUT2D eigenvalue weighted by Gasteiger charge is 2.09. The molecule has 0 bridgehead atoms. The Bertz CT molecular complexity index is 792. The van der Waals surface area contributed by atoms with Crippen molar-refractivity contribution in [2.75, 3.05) is 25.6 Å². The van der Waals surface area contributed by atoms with Crippen molar-refractivity contribution in [2.45, 2.75) is 6.10 Å². The molecule has 0 aliphatic rings. The largest absolute Gasteiger partial charge is 0.491 e. The fraction of sp³-hybridized carbons (Fsp3) is 0.250. The minimum atomic E-state index is -1.10. The van der Waals surface area contributed by atoms with Gasteiger partial charge in [0.1, 0.15) is 36.0 Å². The van der Waals surface area contributed by atoms with Gasteiger partial charge in [0, 0.05) is 18.8 Å². The first-order chi connectivity index (χ1) is 11.2. The summed E-state index contributed by atoms with van der Waals surface area (Å²) < 4.78 is 18.6. The number of alkyl halides is 1. The average Bonchev–Trinajstić information content (AvgIpc) is 3.03. The van der Waals surface area contributed by atoms with Crippen molar-refractivity contribution in [3.8, 4) is 16.3 Å². The number of aromatic nitrogens is 2. The van der Waals surface area contributed by atoms with Gasteiger partial charge in [-0.25, -0.2) is 14.4 Å². The van der Waals surface area contributed by atoms with Crippen LogP contribution >= 0.6 is 11.3 Å². The predicted octanol–water partition coefficient (Wildman–Crippen LogP) is 3.11. The van der Waals surface area contributed by atoms with E-state index in [1.807, 2.05) is 31.3 Å². The lowest BCUT2D eigenvalue weighted by Gasteiger charge is -2.08. The summed E-state index contributed by atoms with van der Waals surface area (Å²) in [5, 5.41) is 13.1.